The van der Waals surface area contributed by atoms with Gasteiger partial charge in [-0.25, -0.2) is 4.39 Å². The third-order valence-corrected chi connectivity index (χ3v) is 4.87. The van der Waals surface area contributed by atoms with E-state index in [2.05, 4.69) is 22.4 Å². The topological polar surface area (TPSA) is 43.6 Å². The SMILES string of the molecule is Cc1ccc(-n2nnnc2SCc2ccc(F)cc2Cl)cc1C. The maximum atomic E-state index is 13.1. The number of nitrogens with zero attached hydrogens (tertiary/aromatic N) is 4. The van der Waals surface area contributed by atoms with Gasteiger partial charge in [0.25, 0.3) is 0 Å². The quantitative estimate of drug-likeness (QED) is 0.657. The summed E-state index contributed by atoms with van der Waals surface area (Å²) in [5.41, 5.74) is 4.14. The summed E-state index contributed by atoms with van der Waals surface area (Å²) < 4.78 is 14.8. The molecule has 0 radical (unpaired) electrons. The Kier molecular flexibility index (Phi) is 4.63. The molecule has 1 heterocycles. The highest BCUT2D eigenvalue weighted by atomic mass is 35.5. The predicted molar refractivity (Wildman–Crippen MR) is 89.6 cm³/mol. The highest BCUT2D eigenvalue weighted by molar-refractivity contribution is 7.98. The van der Waals surface area contributed by atoms with Crippen LogP contribution in [0.3, 0.4) is 0 Å². The fourth-order valence-corrected chi connectivity index (χ4v) is 3.28. The van der Waals surface area contributed by atoms with Crippen LogP contribution in [0.4, 0.5) is 4.39 Å². The highest BCUT2D eigenvalue weighted by Gasteiger charge is 2.11. The fourth-order valence-electron chi connectivity index (χ4n) is 2.07. The minimum Gasteiger partial charge on any atom is -0.207 e. The zero-order valence-corrected chi connectivity index (χ0v) is 14.2. The van der Waals surface area contributed by atoms with Crippen molar-refractivity contribution < 1.29 is 4.39 Å². The van der Waals surface area contributed by atoms with Gasteiger partial charge in [0.2, 0.25) is 5.16 Å². The van der Waals surface area contributed by atoms with Crippen LogP contribution in [0.5, 0.6) is 0 Å². The van der Waals surface area contributed by atoms with Crippen LogP contribution in [-0.4, -0.2) is 20.2 Å². The normalized spacial score (nSPS) is 11.0. The van der Waals surface area contributed by atoms with Gasteiger partial charge in [0.15, 0.2) is 0 Å². The van der Waals surface area contributed by atoms with E-state index in [1.165, 1.54) is 35.0 Å². The van der Waals surface area contributed by atoms with Crippen molar-refractivity contribution in [2.45, 2.75) is 24.8 Å². The average Bonchev–Trinajstić information content (AvgIpc) is 2.98. The van der Waals surface area contributed by atoms with E-state index in [1.807, 2.05) is 25.1 Å². The molecule has 2 aromatic carbocycles. The van der Waals surface area contributed by atoms with Gasteiger partial charge in [-0.1, -0.05) is 35.5 Å². The fraction of sp³-hybridized carbons (Fsp3) is 0.188. The first kappa shape index (κ1) is 16.0. The summed E-state index contributed by atoms with van der Waals surface area (Å²) in [6, 6.07) is 10.4. The first-order valence-corrected chi connectivity index (χ1v) is 8.33. The van der Waals surface area contributed by atoms with Crippen molar-refractivity contribution in [2.24, 2.45) is 0 Å². The Bertz CT molecular complexity index is 850. The van der Waals surface area contributed by atoms with Gasteiger partial charge in [-0.3, -0.25) is 0 Å². The number of tetrazole rings is 1. The van der Waals surface area contributed by atoms with Gasteiger partial charge in [0.05, 0.1) is 5.69 Å². The summed E-state index contributed by atoms with van der Waals surface area (Å²) >= 11 is 7.50. The largest absolute Gasteiger partial charge is 0.214 e. The number of rotatable bonds is 4. The van der Waals surface area contributed by atoms with Gasteiger partial charge in [-0.2, -0.15) is 4.68 Å². The molecule has 1 aromatic heterocycles. The monoisotopic (exact) mass is 348 g/mol. The molecule has 0 spiro atoms. The Morgan fingerprint density at radius 2 is 1.96 bits per heavy atom. The molecule has 0 saturated heterocycles. The molecule has 0 aliphatic heterocycles. The molecule has 0 N–H and O–H groups in total. The maximum Gasteiger partial charge on any atom is 0.214 e. The standard InChI is InChI=1S/C16H14ClFN4S/c1-10-3-6-14(7-11(10)2)22-16(19-20-21-22)23-9-12-4-5-13(18)8-15(12)17/h3-8H,9H2,1-2H3. The Morgan fingerprint density at radius 1 is 1.13 bits per heavy atom. The van der Waals surface area contributed by atoms with Crippen LogP contribution in [0.25, 0.3) is 5.69 Å². The lowest BCUT2D eigenvalue weighted by Gasteiger charge is -2.07. The molecule has 7 heteroatoms. The molecule has 0 unspecified atom stereocenters. The third kappa shape index (κ3) is 3.54. The van der Waals surface area contributed by atoms with Gasteiger partial charge >= 0.3 is 0 Å². The summed E-state index contributed by atoms with van der Waals surface area (Å²) in [5.74, 6) is 0.216. The van der Waals surface area contributed by atoms with Crippen LogP contribution >= 0.6 is 23.4 Å². The van der Waals surface area contributed by atoms with E-state index in [0.717, 1.165) is 11.3 Å². The lowest BCUT2D eigenvalue weighted by Crippen LogP contribution is -2.00. The maximum absolute atomic E-state index is 13.1. The molecule has 3 rings (SSSR count). The molecule has 0 amide bonds. The zero-order chi connectivity index (χ0) is 16.4. The predicted octanol–water partition coefficient (Wildman–Crippen LogP) is 4.36. The molecule has 3 aromatic rings. The number of aryl methyl sites for hydroxylation is 2. The van der Waals surface area contributed by atoms with Gasteiger partial charge in [-0.15, -0.1) is 5.10 Å². The molecule has 0 fully saturated rings. The zero-order valence-electron chi connectivity index (χ0n) is 12.6. The third-order valence-electron chi connectivity index (χ3n) is 3.55. The van der Waals surface area contributed by atoms with Crippen LogP contribution in [0.1, 0.15) is 16.7 Å². The first-order chi connectivity index (χ1) is 11.0. The van der Waals surface area contributed by atoms with Crippen LogP contribution in [-0.2, 0) is 5.75 Å². The van der Waals surface area contributed by atoms with Crippen LogP contribution in [0.2, 0.25) is 5.02 Å². The van der Waals surface area contributed by atoms with E-state index < -0.39 is 0 Å². The van der Waals surface area contributed by atoms with Crippen LogP contribution in [0.15, 0.2) is 41.6 Å². The van der Waals surface area contributed by atoms with E-state index >= 15 is 0 Å². The van der Waals surface area contributed by atoms with Crippen molar-refractivity contribution in [3.63, 3.8) is 0 Å². The molecule has 0 bridgehead atoms. The minimum atomic E-state index is -0.344. The number of thioether (sulfide) groups is 1. The minimum absolute atomic E-state index is 0.344. The molecular weight excluding hydrogens is 335 g/mol. The van der Waals surface area contributed by atoms with Crippen molar-refractivity contribution in [3.8, 4) is 5.69 Å². The van der Waals surface area contributed by atoms with E-state index in [4.69, 9.17) is 11.6 Å². The molecule has 4 nitrogen and oxygen atoms in total. The Hall–Kier alpha value is -1.92. The smallest absolute Gasteiger partial charge is 0.207 e. The molecular formula is C16H14ClFN4S. The molecule has 23 heavy (non-hydrogen) atoms. The van der Waals surface area contributed by atoms with E-state index in [1.54, 1.807) is 10.7 Å². The molecule has 0 saturated carbocycles. The summed E-state index contributed by atoms with van der Waals surface area (Å²) in [7, 11) is 0. The van der Waals surface area contributed by atoms with E-state index in [0.29, 0.717) is 15.9 Å². The van der Waals surface area contributed by atoms with Gasteiger partial charge in [0, 0.05) is 10.8 Å². The second kappa shape index (κ2) is 6.68. The van der Waals surface area contributed by atoms with Crippen LogP contribution in [0, 0.1) is 19.7 Å². The van der Waals surface area contributed by atoms with Crippen molar-refractivity contribution >= 4 is 23.4 Å². The Morgan fingerprint density at radius 3 is 2.70 bits per heavy atom. The van der Waals surface area contributed by atoms with E-state index in [9.17, 15) is 4.39 Å². The number of halogens is 2. The van der Waals surface area contributed by atoms with Gasteiger partial charge in [-0.05, 0) is 65.2 Å². The van der Waals surface area contributed by atoms with Crippen molar-refractivity contribution in [3.05, 3.63) is 63.9 Å². The van der Waals surface area contributed by atoms with Crippen molar-refractivity contribution in [1.82, 2.24) is 20.2 Å². The number of benzene rings is 2. The molecule has 0 aliphatic carbocycles. The average molecular weight is 349 g/mol. The number of hydrogen-bond donors (Lipinski definition) is 0. The van der Waals surface area contributed by atoms with E-state index in [-0.39, 0.29) is 5.82 Å². The molecule has 0 aliphatic rings. The second-order valence-electron chi connectivity index (χ2n) is 5.17. The van der Waals surface area contributed by atoms with Crippen molar-refractivity contribution in [1.29, 1.82) is 0 Å². The lowest BCUT2D eigenvalue weighted by molar-refractivity contribution is 0.627. The van der Waals surface area contributed by atoms with Gasteiger partial charge < -0.3 is 0 Å². The first-order valence-electron chi connectivity index (χ1n) is 6.97. The second-order valence-corrected chi connectivity index (χ2v) is 6.52. The summed E-state index contributed by atoms with van der Waals surface area (Å²) in [6.07, 6.45) is 0. The Balaban J connectivity index is 1.82. The highest BCUT2D eigenvalue weighted by Crippen LogP contribution is 2.27. The lowest BCUT2D eigenvalue weighted by atomic mass is 10.1. The van der Waals surface area contributed by atoms with Gasteiger partial charge in [0.1, 0.15) is 5.82 Å². The van der Waals surface area contributed by atoms with Crippen LogP contribution < -0.4 is 0 Å². The summed E-state index contributed by atoms with van der Waals surface area (Å²) in [6.45, 7) is 4.11. The number of aromatic nitrogens is 4. The molecule has 118 valence electrons. The summed E-state index contributed by atoms with van der Waals surface area (Å²) in [5, 5.41) is 12.9. The van der Waals surface area contributed by atoms with Crippen molar-refractivity contribution in [2.75, 3.05) is 0 Å². The summed E-state index contributed by atoms with van der Waals surface area (Å²) in [4.78, 5) is 0. The Labute approximate surface area is 142 Å². The number of hydrogen-bond acceptors (Lipinski definition) is 4. The molecule has 0 atom stereocenters.